The number of halogens is 1. The molecule has 1 aromatic heterocycles. The van der Waals surface area contributed by atoms with Gasteiger partial charge in [-0.05, 0) is 42.7 Å². The molecule has 2 aromatic carbocycles. The van der Waals surface area contributed by atoms with Crippen LogP contribution in [0.1, 0.15) is 42.5 Å². The van der Waals surface area contributed by atoms with Crippen LogP contribution in [0, 0.1) is 11.7 Å². The predicted octanol–water partition coefficient (Wildman–Crippen LogP) is 3.36. The normalized spacial score (nSPS) is 16.2. The van der Waals surface area contributed by atoms with E-state index in [4.69, 9.17) is 0 Å². The van der Waals surface area contributed by atoms with E-state index in [2.05, 4.69) is 10.3 Å². The molecule has 1 aliphatic heterocycles. The fraction of sp³-hybridized carbons (Fsp3) is 0.250. The second-order valence-electron chi connectivity index (χ2n) is 6.94. The SMILES string of the molecule is CC(C)CC1NC(=O)c2ccccc2-n2c1nc1ccc(F)cc1c2=O. The van der Waals surface area contributed by atoms with Crippen LogP contribution in [0.2, 0.25) is 0 Å². The Bertz CT molecular complexity index is 1090. The first-order chi connectivity index (χ1) is 12.5. The zero-order valence-corrected chi connectivity index (χ0v) is 14.5. The van der Waals surface area contributed by atoms with Crippen LogP contribution in [0.3, 0.4) is 0 Å². The molecule has 2 heterocycles. The lowest BCUT2D eigenvalue weighted by Gasteiger charge is -2.20. The van der Waals surface area contributed by atoms with Gasteiger partial charge in [0.2, 0.25) is 0 Å². The van der Waals surface area contributed by atoms with E-state index in [1.807, 2.05) is 13.8 Å². The lowest BCUT2D eigenvalue weighted by molar-refractivity contribution is 0.0933. The number of hydrogen-bond acceptors (Lipinski definition) is 3. The highest BCUT2D eigenvalue weighted by Gasteiger charge is 2.29. The predicted molar refractivity (Wildman–Crippen MR) is 97.0 cm³/mol. The molecule has 4 rings (SSSR count). The molecule has 0 saturated carbocycles. The lowest BCUT2D eigenvalue weighted by atomic mass is 10.0. The maximum Gasteiger partial charge on any atom is 0.266 e. The van der Waals surface area contributed by atoms with Gasteiger partial charge in [-0.25, -0.2) is 9.37 Å². The lowest BCUT2D eigenvalue weighted by Crippen LogP contribution is -2.31. The Morgan fingerprint density at radius 3 is 2.73 bits per heavy atom. The Morgan fingerprint density at radius 2 is 1.96 bits per heavy atom. The Morgan fingerprint density at radius 1 is 1.19 bits per heavy atom. The summed E-state index contributed by atoms with van der Waals surface area (Å²) < 4.78 is 15.1. The van der Waals surface area contributed by atoms with E-state index in [0.717, 1.165) is 0 Å². The van der Waals surface area contributed by atoms with Crippen molar-refractivity contribution in [2.75, 3.05) is 0 Å². The quantitative estimate of drug-likeness (QED) is 0.770. The van der Waals surface area contributed by atoms with Crippen LogP contribution in [-0.4, -0.2) is 15.5 Å². The molecule has 5 nitrogen and oxygen atoms in total. The fourth-order valence-electron chi connectivity index (χ4n) is 3.44. The van der Waals surface area contributed by atoms with Crippen molar-refractivity contribution in [1.82, 2.24) is 14.9 Å². The average Bonchev–Trinajstić information content (AvgIpc) is 2.71. The van der Waals surface area contributed by atoms with Crippen molar-refractivity contribution in [1.29, 1.82) is 0 Å². The Kier molecular flexibility index (Phi) is 3.83. The maximum absolute atomic E-state index is 13.7. The molecule has 132 valence electrons. The molecule has 1 unspecified atom stereocenters. The van der Waals surface area contributed by atoms with E-state index >= 15 is 0 Å². The molecular formula is C20H18FN3O2. The number of nitrogens with zero attached hydrogens (tertiary/aromatic N) is 2. The first kappa shape index (κ1) is 16.4. The van der Waals surface area contributed by atoms with Crippen LogP contribution < -0.4 is 10.9 Å². The molecule has 0 radical (unpaired) electrons. The minimum absolute atomic E-state index is 0.196. The Labute approximate surface area is 149 Å². The van der Waals surface area contributed by atoms with E-state index in [1.165, 1.54) is 22.8 Å². The van der Waals surface area contributed by atoms with Gasteiger partial charge in [-0.1, -0.05) is 26.0 Å². The molecule has 1 atom stereocenters. The van der Waals surface area contributed by atoms with E-state index in [9.17, 15) is 14.0 Å². The van der Waals surface area contributed by atoms with Crippen LogP contribution in [0.4, 0.5) is 4.39 Å². The van der Waals surface area contributed by atoms with E-state index in [-0.39, 0.29) is 22.8 Å². The van der Waals surface area contributed by atoms with Gasteiger partial charge in [0.15, 0.2) is 0 Å². The zero-order chi connectivity index (χ0) is 18.4. The second kappa shape index (κ2) is 6.05. The van der Waals surface area contributed by atoms with Gasteiger partial charge in [0.1, 0.15) is 11.6 Å². The number of aromatic nitrogens is 2. The first-order valence-electron chi connectivity index (χ1n) is 8.58. The summed E-state index contributed by atoms with van der Waals surface area (Å²) in [5, 5.41) is 3.19. The first-order valence-corrected chi connectivity index (χ1v) is 8.58. The number of para-hydroxylation sites is 1. The van der Waals surface area contributed by atoms with E-state index in [0.29, 0.717) is 29.0 Å². The van der Waals surface area contributed by atoms with Crippen molar-refractivity contribution in [3.8, 4) is 5.69 Å². The van der Waals surface area contributed by atoms with E-state index in [1.54, 1.807) is 24.3 Å². The highest BCUT2D eigenvalue weighted by Crippen LogP contribution is 2.28. The van der Waals surface area contributed by atoms with Crippen LogP contribution >= 0.6 is 0 Å². The smallest absolute Gasteiger partial charge is 0.266 e. The van der Waals surface area contributed by atoms with Crippen LogP contribution in [0.5, 0.6) is 0 Å². The number of rotatable bonds is 2. The summed E-state index contributed by atoms with van der Waals surface area (Å²) in [6.07, 6.45) is 0.638. The van der Waals surface area contributed by atoms with Crippen molar-refractivity contribution in [3.63, 3.8) is 0 Å². The third-order valence-electron chi connectivity index (χ3n) is 4.57. The van der Waals surface area contributed by atoms with Gasteiger partial charge in [0.25, 0.3) is 11.5 Å². The molecule has 1 aliphatic rings. The van der Waals surface area contributed by atoms with Crippen LogP contribution in [0.25, 0.3) is 16.6 Å². The number of hydrogen-bond donors (Lipinski definition) is 1. The number of amides is 1. The molecule has 0 saturated heterocycles. The molecule has 3 aromatic rings. The summed E-state index contributed by atoms with van der Waals surface area (Å²) in [6.45, 7) is 4.09. The van der Waals surface area contributed by atoms with Gasteiger partial charge in [0.05, 0.1) is 28.2 Å². The Balaban J connectivity index is 2.11. The van der Waals surface area contributed by atoms with Gasteiger partial charge in [-0.15, -0.1) is 0 Å². The molecule has 0 fully saturated rings. The summed E-state index contributed by atoms with van der Waals surface area (Å²) in [6, 6.07) is 10.5. The highest BCUT2D eigenvalue weighted by molar-refractivity contribution is 5.98. The van der Waals surface area contributed by atoms with Gasteiger partial charge >= 0.3 is 0 Å². The van der Waals surface area contributed by atoms with Crippen molar-refractivity contribution in [2.45, 2.75) is 26.3 Å². The van der Waals surface area contributed by atoms with Gasteiger partial charge in [0, 0.05) is 0 Å². The van der Waals surface area contributed by atoms with Crippen LogP contribution in [0.15, 0.2) is 47.3 Å². The number of benzene rings is 2. The summed E-state index contributed by atoms with van der Waals surface area (Å²) in [5.41, 5.74) is 0.918. The minimum atomic E-state index is -0.494. The molecule has 0 bridgehead atoms. The summed E-state index contributed by atoms with van der Waals surface area (Å²) in [5.74, 6) is 0.0232. The topological polar surface area (TPSA) is 64.0 Å². The van der Waals surface area contributed by atoms with Gasteiger partial charge in [-0.2, -0.15) is 0 Å². The fourth-order valence-corrected chi connectivity index (χ4v) is 3.44. The van der Waals surface area contributed by atoms with Crippen LogP contribution in [-0.2, 0) is 0 Å². The summed E-state index contributed by atoms with van der Waals surface area (Å²) in [4.78, 5) is 30.5. The van der Waals surface area contributed by atoms with Crippen molar-refractivity contribution in [3.05, 3.63) is 70.0 Å². The van der Waals surface area contributed by atoms with Crippen molar-refractivity contribution < 1.29 is 9.18 Å². The molecule has 26 heavy (non-hydrogen) atoms. The number of carbonyl (C=O) groups excluding carboxylic acids is 1. The number of fused-ring (bicyclic) bond motifs is 4. The third kappa shape index (κ3) is 2.58. The summed E-state index contributed by atoms with van der Waals surface area (Å²) in [7, 11) is 0. The maximum atomic E-state index is 13.7. The monoisotopic (exact) mass is 351 g/mol. The third-order valence-corrected chi connectivity index (χ3v) is 4.57. The molecule has 0 aliphatic carbocycles. The largest absolute Gasteiger partial charge is 0.342 e. The standard InChI is InChI=1S/C20H18FN3O2/c1-11(2)9-16-18-22-15-8-7-12(21)10-14(15)20(26)24(18)17-6-4-3-5-13(17)19(25)23-16/h3-8,10-11,16H,9H2,1-2H3,(H,23,25). The number of carbonyl (C=O) groups is 1. The molecule has 1 amide bonds. The average molecular weight is 351 g/mol. The molecular weight excluding hydrogens is 333 g/mol. The second-order valence-corrected chi connectivity index (χ2v) is 6.94. The zero-order valence-electron chi connectivity index (χ0n) is 14.5. The van der Waals surface area contributed by atoms with Crippen molar-refractivity contribution >= 4 is 16.8 Å². The Hall–Kier alpha value is -3.02. The van der Waals surface area contributed by atoms with Gasteiger partial charge < -0.3 is 5.32 Å². The van der Waals surface area contributed by atoms with E-state index < -0.39 is 11.9 Å². The van der Waals surface area contributed by atoms with Crippen molar-refractivity contribution in [2.24, 2.45) is 5.92 Å². The van der Waals surface area contributed by atoms with Gasteiger partial charge in [-0.3, -0.25) is 14.2 Å². The molecule has 0 spiro atoms. The summed E-state index contributed by atoms with van der Waals surface area (Å²) >= 11 is 0. The minimum Gasteiger partial charge on any atom is -0.342 e. The molecule has 6 heteroatoms. The highest BCUT2D eigenvalue weighted by atomic mass is 19.1. The number of nitrogens with one attached hydrogen (secondary N) is 1. The molecule has 1 N–H and O–H groups in total.